The van der Waals surface area contributed by atoms with Crippen LogP contribution in [0.2, 0.25) is 0 Å². The van der Waals surface area contributed by atoms with Gasteiger partial charge in [0.05, 0.1) is 6.61 Å². The summed E-state index contributed by atoms with van der Waals surface area (Å²) in [5.74, 6) is -0.759. The first-order chi connectivity index (χ1) is 18.0. The maximum Gasteiger partial charge on any atom is 0.306 e. The Morgan fingerprint density at radius 1 is 0.658 bits per heavy atom. The molecule has 0 amide bonds. The van der Waals surface area contributed by atoms with Crippen LogP contribution in [0.5, 0.6) is 0 Å². The molecule has 0 aliphatic carbocycles. The number of ether oxygens (including phenoxy) is 1. The number of aliphatic hydroxyl groups is 1. The Kier molecular flexibility index (Phi) is 50.7. The number of carbonyl (C=O) groups excluding carboxylic acids is 1. The summed E-state index contributed by atoms with van der Waals surface area (Å²) in [4.78, 5) is 21.3. The average Bonchev–Trinajstić information content (AvgIpc) is 2.89. The van der Waals surface area contributed by atoms with Crippen molar-refractivity contribution in [3.8, 4) is 0 Å². The lowest BCUT2D eigenvalue weighted by atomic mass is 10.1. The molecule has 0 fully saturated rings. The first kappa shape index (κ1) is 44.4. The first-order valence-corrected chi connectivity index (χ1v) is 16.6. The molecule has 0 bridgehead atoms. The zero-order valence-electron chi connectivity index (χ0n) is 23.7. The van der Waals surface area contributed by atoms with E-state index in [0.29, 0.717) is 19.4 Å². The number of hydrogen-bond donors (Lipinski definition) is 2. The Morgan fingerprint density at radius 2 is 1.13 bits per heavy atom. The highest BCUT2D eigenvalue weighted by atomic mass is 79.9. The Labute approximate surface area is 252 Å². The van der Waals surface area contributed by atoms with E-state index in [1.165, 1.54) is 51.4 Å². The minimum Gasteiger partial charge on any atom is -0.481 e. The zero-order chi connectivity index (χ0) is 28.2. The Morgan fingerprint density at radius 3 is 1.58 bits per heavy atom. The molecule has 0 heterocycles. The molecule has 5 nitrogen and oxygen atoms in total. The van der Waals surface area contributed by atoms with Crippen molar-refractivity contribution in [3.05, 3.63) is 24.3 Å². The Balaban J connectivity index is -0.000000246. The van der Waals surface area contributed by atoms with Gasteiger partial charge in [-0.2, -0.15) is 0 Å². The molecule has 0 aromatic heterocycles. The van der Waals surface area contributed by atoms with Gasteiger partial charge in [-0.3, -0.25) is 9.59 Å². The van der Waals surface area contributed by atoms with Crippen LogP contribution in [0.1, 0.15) is 137 Å². The van der Waals surface area contributed by atoms with E-state index in [2.05, 4.69) is 57.9 Å². The van der Waals surface area contributed by atoms with Crippen molar-refractivity contribution < 1.29 is 24.5 Å². The van der Waals surface area contributed by atoms with Gasteiger partial charge in [0.25, 0.3) is 0 Å². The predicted octanol–water partition coefficient (Wildman–Crippen LogP) is 10.2. The van der Waals surface area contributed by atoms with Gasteiger partial charge in [-0.15, -0.1) is 0 Å². The molecule has 0 spiro atoms. The van der Waals surface area contributed by atoms with Gasteiger partial charge in [-0.05, 0) is 51.4 Å². The molecule has 0 saturated heterocycles. The summed E-state index contributed by atoms with van der Waals surface area (Å²) in [6.07, 6.45) is 27.4. The molecule has 7 heteroatoms. The number of rotatable bonds is 23. The first-order valence-electron chi connectivity index (χ1n) is 14.4. The van der Waals surface area contributed by atoms with E-state index in [1.54, 1.807) is 0 Å². The van der Waals surface area contributed by atoms with Gasteiger partial charge in [0.15, 0.2) is 0 Å². The molecule has 0 aromatic rings. The monoisotopic (exact) mass is 670 g/mol. The number of carbonyl (C=O) groups is 2. The largest absolute Gasteiger partial charge is 0.481 e. The number of aliphatic hydroxyl groups excluding tert-OH is 1. The van der Waals surface area contributed by atoms with Gasteiger partial charge in [0.2, 0.25) is 0 Å². The van der Waals surface area contributed by atoms with Crippen LogP contribution in [-0.4, -0.2) is 46.0 Å². The summed E-state index contributed by atoms with van der Waals surface area (Å²) in [6, 6.07) is 0. The standard InChI is InChI=1S/C15H27BrO2.C9H18O.C6H11BrO2.CH4/c1-2-3-4-5-6-7-11-14-18-15(17)12-9-8-10-13-16;1-2-3-4-5-6-7-8-9-10;7-5-3-1-2-4-6(8)9;/h7,11H,2-6,8-10,12-14H2,1H3;7-8,10H,2-6,9H2,1H3;1-5H2,(H,8,9);1H4/b11-7-;8-7-;;. The van der Waals surface area contributed by atoms with Crippen LogP contribution in [0.15, 0.2) is 24.3 Å². The van der Waals surface area contributed by atoms with Gasteiger partial charge < -0.3 is 14.9 Å². The van der Waals surface area contributed by atoms with Crippen LogP contribution in [0.4, 0.5) is 0 Å². The number of hydrogen-bond acceptors (Lipinski definition) is 4. The van der Waals surface area contributed by atoms with E-state index < -0.39 is 5.97 Å². The number of esters is 1. The molecule has 0 aliphatic heterocycles. The Hall–Kier alpha value is -0.660. The van der Waals surface area contributed by atoms with Gasteiger partial charge in [0, 0.05) is 23.5 Å². The third-order valence-corrected chi connectivity index (χ3v) is 6.39. The average molecular weight is 673 g/mol. The molecule has 0 aliphatic rings. The van der Waals surface area contributed by atoms with Gasteiger partial charge >= 0.3 is 11.9 Å². The normalized spacial score (nSPS) is 10.3. The summed E-state index contributed by atoms with van der Waals surface area (Å²) in [5, 5.41) is 18.6. The lowest BCUT2D eigenvalue weighted by Crippen LogP contribution is -2.04. The van der Waals surface area contributed by atoms with Crippen molar-refractivity contribution in [2.45, 2.75) is 137 Å². The lowest BCUT2D eigenvalue weighted by Gasteiger charge is -2.01. The van der Waals surface area contributed by atoms with E-state index in [4.69, 9.17) is 14.9 Å². The van der Waals surface area contributed by atoms with Gasteiger partial charge in [-0.25, -0.2) is 0 Å². The zero-order valence-corrected chi connectivity index (χ0v) is 26.9. The van der Waals surface area contributed by atoms with Crippen molar-refractivity contribution in [2.24, 2.45) is 0 Å². The predicted molar refractivity (Wildman–Crippen MR) is 173 cm³/mol. The molecule has 2 N–H and O–H groups in total. The summed E-state index contributed by atoms with van der Waals surface area (Å²) >= 11 is 6.64. The van der Waals surface area contributed by atoms with Crippen molar-refractivity contribution in [3.63, 3.8) is 0 Å². The number of carboxylic acid groups (broad SMARTS) is 1. The van der Waals surface area contributed by atoms with E-state index in [1.807, 2.05) is 12.2 Å². The smallest absolute Gasteiger partial charge is 0.306 e. The molecule has 0 saturated carbocycles. The highest BCUT2D eigenvalue weighted by molar-refractivity contribution is 9.09. The quantitative estimate of drug-likeness (QED) is 0.0489. The van der Waals surface area contributed by atoms with Crippen LogP contribution in [0.25, 0.3) is 0 Å². The summed E-state index contributed by atoms with van der Waals surface area (Å²) in [6.45, 7) is 5.05. The van der Waals surface area contributed by atoms with Gasteiger partial charge in [0.1, 0.15) is 6.61 Å². The lowest BCUT2D eigenvalue weighted by molar-refractivity contribution is -0.142. The molecule has 0 unspecified atom stereocenters. The number of carboxylic acids is 1. The second kappa shape index (κ2) is 43.4. The maximum atomic E-state index is 11.3. The molecule has 38 heavy (non-hydrogen) atoms. The number of halogens is 2. The number of alkyl halides is 2. The van der Waals surface area contributed by atoms with Gasteiger partial charge in [-0.1, -0.05) is 129 Å². The molecular weight excluding hydrogens is 612 g/mol. The molecule has 228 valence electrons. The van der Waals surface area contributed by atoms with Crippen molar-refractivity contribution in [1.29, 1.82) is 0 Å². The SMILES string of the molecule is C.CCCCCC/C=C\CO.CCCCCC/C=C\COC(=O)CCCCCBr.O=C(O)CCCCCBr. The highest BCUT2D eigenvalue weighted by Crippen LogP contribution is 2.05. The maximum absolute atomic E-state index is 11.3. The van der Waals surface area contributed by atoms with Crippen molar-refractivity contribution in [2.75, 3.05) is 23.9 Å². The fourth-order valence-electron chi connectivity index (χ4n) is 3.06. The highest BCUT2D eigenvalue weighted by Gasteiger charge is 2.00. The Bertz CT molecular complexity index is 510. The van der Waals surface area contributed by atoms with E-state index in [-0.39, 0.29) is 20.0 Å². The number of allylic oxidation sites excluding steroid dienone is 2. The van der Waals surface area contributed by atoms with Crippen LogP contribution in [0.3, 0.4) is 0 Å². The molecule has 0 atom stereocenters. The summed E-state index contributed by atoms with van der Waals surface area (Å²) in [7, 11) is 0. The van der Waals surface area contributed by atoms with Crippen molar-refractivity contribution >= 4 is 43.8 Å². The van der Waals surface area contributed by atoms with Crippen LogP contribution >= 0.6 is 31.9 Å². The third kappa shape index (κ3) is 51.9. The van der Waals surface area contributed by atoms with Crippen molar-refractivity contribution in [1.82, 2.24) is 0 Å². The summed E-state index contributed by atoms with van der Waals surface area (Å²) in [5.41, 5.74) is 0. The molecule has 0 aromatic carbocycles. The van der Waals surface area contributed by atoms with Crippen LogP contribution in [0, 0.1) is 0 Å². The van der Waals surface area contributed by atoms with Crippen LogP contribution in [-0.2, 0) is 14.3 Å². The molecular formula is C31H60Br2O5. The second-order valence-electron chi connectivity index (χ2n) is 8.90. The van der Waals surface area contributed by atoms with E-state index >= 15 is 0 Å². The number of unbranched alkanes of at least 4 members (excludes halogenated alkanes) is 12. The fraction of sp³-hybridized carbons (Fsp3) is 0.806. The minimum absolute atomic E-state index is 0. The summed E-state index contributed by atoms with van der Waals surface area (Å²) < 4.78 is 5.11. The third-order valence-electron chi connectivity index (χ3n) is 5.27. The van der Waals surface area contributed by atoms with Crippen LogP contribution < -0.4 is 0 Å². The van der Waals surface area contributed by atoms with E-state index in [9.17, 15) is 9.59 Å². The second-order valence-corrected chi connectivity index (χ2v) is 10.5. The fourth-order valence-corrected chi connectivity index (χ4v) is 3.85. The number of aliphatic carboxylic acids is 1. The topological polar surface area (TPSA) is 83.8 Å². The van der Waals surface area contributed by atoms with E-state index in [0.717, 1.165) is 62.0 Å². The minimum atomic E-state index is -0.690. The molecule has 0 radical (unpaired) electrons. The molecule has 0 rings (SSSR count).